The first-order valence-electron chi connectivity index (χ1n) is 6.89. The van der Waals surface area contributed by atoms with Crippen molar-refractivity contribution < 1.29 is 5.11 Å². The lowest BCUT2D eigenvalue weighted by atomic mass is 10.0. The predicted octanol–water partition coefficient (Wildman–Crippen LogP) is 3.33. The van der Waals surface area contributed by atoms with Crippen LogP contribution in [0.25, 0.3) is 17.0 Å². The van der Waals surface area contributed by atoms with Gasteiger partial charge in [-0.25, -0.2) is 0 Å². The Morgan fingerprint density at radius 2 is 2.37 bits per heavy atom. The minimum atomic E-state index is 0.663. The molecule has 1 aliphatic rings. The number of hydrogen-bond donors (Lipinski definition) is 2. The van der Waals surface area contributed by atoms with Crippen LogP contribution in [0.2, 0.25) is 0 Å². The van der Waals surface area contributed by atoms with E-state index in [4.69, 9.17) is 5.11 Å². The van der Waals surface area contributed by atoms with Crippen LogP contribution in [0.3, 0.4) is 0 Å². The third kappa shape index (κ3) is 2.38. The van der Waals surface area contributed by atoms with Crippen LogP contribution in [-0.2, 0) is 6.42 Å². The molecule has 2 heterocycles. The van der Waals surface area contributed by atoms with Crippen molar-refractivity contribution in [3.8, 4) is 0 Å². The van der Waals surface area contributed by atoms with Crippen LogP contribution < -0.4 is 0 Å². The van der Waals surface area contributed by atoms with Crippen molar-refractivity contribution in [2.75, 3.05) is 13.6 Å². The number of hydrogen-bond acceptors (Lipinski definition) is 2. The number of nitrogens with one attached hydrogen (secondary N) is 1. The Kier molecular flexibility index (Phi) is 3.30. The summed E-state index contributed by atoms with van der Waals surface area (Å²) in [6, 6.07) is 6.89. The monoisotopic (exact) mass is 256 g/mol. The first kappa shape index (κ1) is 12.3. The molecule has 1 aromatic carbocycles. The lowest BCUT2D eigenvalue weighted by Crippen LogP contribution is -2.26. The fourth-order valence-electron chi connectivity index (χ4n) is 3.05. The number of aromatic nitrogens is 1. The lowest BCUT2D eigenvalue weighted by Gasteiger charge is -2.18. The van der Waals surface area contributed by atoms with Gasteiger partial charge in [-0.3, -0.25) is 0 Å². The van der Waals surface area contributed by atoms with Crippen molar-refractivity contribution in [1.29, 1.82) is 0 Å². The first-order valence-corrected chi connectivity index (χ1v) is 6.89. The van der Waals surface area contributed by atoms with Crippen LogP contribution in [0, 0.1) is 0 Å². The zero-order valence-corrected chi connectivity index (χ0v) is 11.3. The third-order valence-corrected chi connectivity index (χ3v) is 4.19. The van der Waals surface area contributed by atoms with Crippen molar-refractivity contribution in [3.05, 3.63) is 41.8 Å². The molecule has 0 amide bonds. The molecule has 1 saturated heterocycles. The molecule has 1 fully saturated rings. The van der Waals surface area contributed by atoms with E-state index in [1.165, 1.54) is 35.9 Å². The number of H-pyrrole nitrogens is 1. The maximum absolute atomic E-state index is 8.88. The molecule has 1 aromatic heterocycles. The summed E-state index contributed by atoms with van der Waals surface area (Å²) in [5.41, 5.74) is 3.59. The highest BCUT2D eigenvalue weighted by atomic mass is 16.2. The van der Waals surface area contributed by atoms with E-state index in [-0.39, 0.29) is 0 Å². The summed E-state index contributed by atoms with van der Waals surface area (Å²) in [7, 11) is 2.21. The highest BCUT2D eigenvalue weighted by Crippen LogP contribution is 2.25. The smallest absolute Gasteiger partial charge is 0.0797 e. The number of aliphatic hydroxyl groups is 1. The van der Waals surface area contributed by atoms with Crippen LogP contribution in [0.4, 0.5) is 0 Å². The average molecular weight is 256 g/mol. The molecule has 0 bridgehead atoms. The quantitative estimate of drug-likeness (QED) is 0.827. The molecule has 0 radical (unpaired) electrons. The molecule has 2 aromatic rings. The second kappa shape index (κ2) is 5.10. The largest absolute Gasteiger partial charge is 0.516 e. The van der Waals surface area contributed by atoms with E-state index in [9.17, 15) is 0 Å². The van der Waals surface area contributed by atoms with Gasteiger partial charge in [0, 0.05) is 23.1 Å². The highest BCUT2D eigenvalue weighted by Gasteiger charge is 2.21. The number of rotatable bonds is 3. The molecular weight excluding hydrogens is 236 g/mol. The molecule has 100 valence electrons. The fourth-order valence-corrected chi connectivity index (χ4v) is 3.05. The van der Waals surface area contributed by atoms with Gasteiger partial charge in [0.1, 0.15) is 0 Å². The molecule has 3 rings (SSSR count). The number of nitrogens with zero attached hydrogens (tertiary/aromatic N) is 1. The van der Waals surface area contributed by atoms with Crippen LogP contribution in [0.5, 0.6) is 0 Å². The Labute approximate surface area is 113 Å². The van der Waals surface area contributed by atoms with E-state index < -0.39 is 0 Å². The van der Waals surface area contributed by atoms with E-state index in [2.05, 4.69) is 35.3 Å². The number of likely N-dealkylation sites (N-methyl/N-ethyl adjacent to an activating group) is 1. The van der Waals surface area contributed by atoms with Gasteiger partial charge in [0.05, 0.1) is 6.26 Å². The summed E-state index contributed by atoms with van der Waals surface area (Å²) in [4.78, 5) is 5.80. The van der Waals surface area contributed by atoms with Gasteiger partial charge in [0.25, 0.3) is 0 Å². The van der Waals surface area contributed by atoms with Crippen LogP contribution in [-0.4, -0.2) is 34.6 Å². The van der Waals surface area contributed by atoms with Crippen LogP contribution in [0.1, 0.15) is 24.0 Å². The van der Waals surface area contributed by atoms with E-state index in [0.29, 0.717) is 6.04 Å². The minimum Gasteiger partial charge on any atom is -0.516 e. The summed E-state index contributed by atoms with van der Waals surface area (Å²) in [5, 5.41) is 10.2. The first-order chi connectivity index (χ1) is 9.28. The Morgan fingerprint density at radius 1 is 1.47 bits per heavy atom. The SMILES string of the molecule is CN1CCCC1Cc1c[nH]c2ccc(/C=C/O)cc12. The van der Waals surface area contributed by atoms with Crippen LogP contribution in [0.15, 0.2) is 30.7 Å². The zero-order chi connectivity index (χ0) is 13.2. The fraction of sp³-hybridized carbons (Fsp3) is 0.375. The number of likely N-dealkylation sites (tertiary alicyclic amines) is 1. The maximum Gasteiger partial charge on any atom is 0.0797 e. The Bertz CT molecular complexity index is 600. The molecule has 0 aliphatic carbocycles. The van der Waals surface area contributed by atoms with Gasteiger partial charge in [-0.05, 0) is 62.2 Å². The summed E-state index contributed by atoms with van der Waals surface area (Å²) >= 11 is 0. The highest BCUT2D eigenvalue weighted by molar-refractivity contribution is 5.85. The molecule has 2 N–H and O–H groups in total. The van der Waals surface area contributed by atoms with Gasteiger partial charge in [0.15, 0.2) is 0 Å². The molecule has 1 atom stereocenters. The van der Waals surface area contributed by atoms with E-state index in [1.807, 2.05) is 6.07 Å². The minimum absolute atomic E-state index is 0.663. The van der Waals surface area contributed by atoms with Crippen LogP contribution >= 0.6 is 0 Å². The van der Waals surface area contributed by atoms with Crippen molar-refractivity contribution in [1.82, 2.24) is 9.88 Å². The number of benzene rings is 1. The van der Waals surface area contributed by atoms with Gasteiger partial charge in [0.2, 0.25) is 0 Å². The normalized spacial score (nSPS) is 20.8. The molecule has 0 spiro atoms. The second-order valence-corrected chi connectivity index (χ2v) is 5.42. The van der Waals surface area contributed by atoms with E-state index in [0.717, 1.165) is 18.2 Å². The lowest BCUT2D eigenvalue weighted by molar-refractivity contribution is 0.310. The number of aliphatic hydroxyl groups excluding tert-OH is 1. The van der Waals surface area contributed by atoms with Gasteiger partial charge in [-0.2, -0.15) is 0 Å². The Hall–Kier alpha value is -1.74. The summed E-state index contributed by atoms with van der Waals surface area (Å²) in [6.07, 6.45) is 8.64. The molecular formula is C16H20N2O. The van der Waals surface area contributed by atoms with Crippen molar-refractivity contribution >= 4 is 17.0 Å². The van der Waals surface area contributed by atoms with Gasteiger partial charge < -0.3 is 15.0 Å². The average Bonchev–Trinajstić information content (AvgIpc) is 2.98. The van der Waals surface area contributed by atoms with Gasteiger partial charge in [-0.1, -0.05) is 6.07 Å². The van der Waals surface area contributed by atoms with E-state index >= 15 is 0 Å². The van der Waals surface area contributed by atoms with Crippen molar-refractivity contribution in [2.45, 2.75) is 25.3 Å². The molecule has 1 aliphatic heterocycles. The predicted molar refractivity (Wildman–Crippen MR) is 79.3 cm³/mol. The molecule has 1 unspecified atom stereocenters. The van der Waals surface area contributed by atoms with Gasteiger partial charge >= 0.3 is 0 Å². The number of aromatic amines is 1. The maximum atomic E-state index is 8.88. The summed E-state index contributed by atoms with van der Waals surface area (Å²) in [6.45, 7) is 1.21. The topological polar surface area (TPSA) is 39.3 Å². The molecule has 19 heavy (non-hydrogen) atoms. The molecule has 3 heteroatoms. The summed E-state index contributed by atoms with van der Waals surface area (Å²) < 4.78 is 0. The second-order valence-electron chi connectivity index (χ2n) is 5.42. The van der Waals surface area contributed by atoms with Crippen molar-refractivity contribution in [2.24, 2.45) is 0 Å². The van der Waals surface area contributed by atoms with Crippen molar-refractivity contribution in [3.63, 3.8) is 0 Å². The Balaban J connectivity index is 1.92. The molecule has 0 saturated carbocycles. The number of fused-ring (bicyclic) bond motifs is 1. The van der Waals surface area contributed by atoms with Gasteiger partial charge in [-0.15, -0.1) is 0 Å². The molecule has 3 nitrogen and oxygen atoms in total. The van der Waals surface area contributed by atoms with E-state index in [1.54, 1.807) is 6.08 Å². The summed E-state index contributed by atoms with van der Waals surface area (Å²) in [5.74, 6) is 0. The standard InChI is InChI=1S/C16H20N2O/c1-18-7-2-3-14(18)10-13-11-17-16-5-4-12(6-8-19)9-15(13)16/h4-6,8-9,11,14,17,19H,2-3,7,10H2,1H3/b8-6+. The zero-order valence-electron chi connectivity index (χ0n) is 11.3. The Morgan fingerprint density at radius 3 is 3.11 bits per heavy atom. The third-order valence-electron chi connectivity index (χ3n) is 4.19.